The highest BCUT2D eigenvalue weighted by Crippen LogP contribution is 2.39. The SMILES string of the molecule is CCNC(Cc1cccnc1N)C1CCC(C)(C)CC1. The highest BCUT2D eigenvalue weighted by Gasteiger charge is 2.31. The van der Waals surface area contributed by atoms with E-state index in [1.165, 1.54) is 31.2 Å². The van der Waals surface area contributed by atoms with Gasteiger partial charge in [-0.25, -0.2) is 4.98 Å². The van der Waals surface area contributed by atoms with Crippen LogP contribution in [0.15, 0.2) is 18.3 Å². The van der Waals surface area contributed by atoms with Crippen LogP contribution in [-0.4, -0.2) is 17.6 Å². The van der Waals surface area contributed by atoms with E-state index in [1.54, 1.807) is 6.20 Å². The van der Waals surface area contributed by atoms with E-state index in [4.69, 9.17) is 5.73 Å². The molecule has 1 atom stereocenters. The van der Waals surface area contributed by atoms with Gasteiger partial charge in [-0.3, -0.25) is 0 Å². The third kappa shape index (κ3) is 3.95. The third-order valence-corrected chi connectivity index (χ3v) is 4.79. The monoisotopic (exact) mass is 275 g/mol. The fourth-order valence-electron chi connectivity index (χ4n) is 3.35. The molecule has 0 saturated heterocycles. The van der Waals surface area contributed by atoms with Crippen LogP contribution in [0.4, 0.5) is 5.82 Å². The van der Waals surface area contributed by atoms with Crippen molar-refractivity contribution in [1.82, 2.24) is 10.3 Å². The molecule has 3 N–H and O–H groups in total. The van der Waals surface area contributed by atoms with Gasteiger partial charge in [0.25, 0.3) is 0 Å². The zero-order valence-electron chi connectivity index (χ0n) is 13.2. The fraction of sp³-hybridized carbons (Fsp3) is 0.706. The van der Waals surface area contributed by atoms with Crippen LogP contribution < -0.4 is 11.1 Å². The van der Waals surface area contributed by atoms with Crippen LogP contribution in [0.1, 0.15) is 52.0 Å². The molecular weight excluding hydrogens is 246 g/mol. The Morgan fingerprint density at radius 2 is 2.10 bits per heavy atom. The summed E-state index contributed by atoms with van der Waals surface area (Å²) in [6.07, 6.45) is 8.09. The highest BCUT2D eigenvalue weighted by molar-refractivity contribution is 5.39. The van der Waals surface area contributed by atoms with Gasteiger partial charge in [-0.2, -0.15) is 0 Å². The van der Waals surface area contributed by atoms with E-state index in [0.29, 0.717) is 17.3 Å². The largest absolute Gasteiger partial charge is 0.383 e. The van der Waals surface area contributed by atoms with Gasteiger partial charge in [-0.05, 0) is 61.6 Å². The lowest BCUT2D eigenvalue weighted by atomic mass is 9.70. The Morgan fingerprint density at radius 1 is 1.40 bits per heavy atom. The predicted molar refractivity (Wildman–Crippen MR) is 85.6 cm³/mol. The first-order chi connectivity index (χ1) is 9.52. The first-order valence-corrected chi connectivity index (χ1v) is 7.94. The number of aromatic nitrogens is 1. The maximum atomic E-state index is 6.00. The van der Waals surface area contributed by atoms with Gasteiger partial charge in [0, 0.05) is 12.2 Å². The number of nitrogens with zero attached hydrogens (tertiary/aromatic N) is 1. The molecule has 1 aliphatic carbocycles. The topological polar surface area (TPSA) is 50.9 Å². The number of nitrogen functional groups attached to an aromatic ring is 1. The number of hydrogen-bond donors (Lipinski definition) is 2. The van der Waals surface area contributed by atoms with E-state index >= 15 is 0 Å². The normalized spacial score (nSPS) is 20.8. The fourth-order valence-corrected chi connectivity index (χ4v) is 3.35. The van der Waals surface area contributed by atoms with Crippen LogP contribution in [0.3, 0.4) is 0 Å². The van der Waals surface area contributed by atoms with E-state index < -0.39 is 0 Å². The second kappa shape index (κ2) is 6.57. The average Bonchev–Trinajstić information content (AvgIpc) is 2.41. The van der Waals surface area contributed by atoms with Crippen molar-refractivity contribution < 1.29 is 0 Å². The summed E-state index contributed by atoms with van der Waals surface area (Å²) in [4.78, 5) is 4.21. The van der Waals surface area contributed by atoms with Crippen molar-refractivity contribution >= 4 is 5.82 Å². The lowest BCUT2D eigenvalue weighted by Gasteiger charge is -2.38. The van der Waals surface area contributed by atoms with Crippen molar-refractivity contribution in [3.63, 3.8) is 0 Å². The number of rotatable bonds is 5. The van der Waals surface area contributed by atoms with Crippen LogP contribution in [0.5, 0.6) is 0 Å². The molecule has 1 heterocycles. The first-order valence-electron chi connectivity index (χ1n) is 7.94. The van der Waals surface area contributed by atoms with E-state index in [2.05, 4.69) is 37.1 Å². The van der Waals surface area contributed by atoms with Crippen molar-refractivity contribution in [3.8, 4) is 0 Å². The van der Waals surface area contributed by atoms with Crippen LogP contribution in [0.2, 0.25) is 0 Å². The Balaban J connectivity index is 2.02. The summed E-state index contributed by atoms with van der Waals surface area (Å²) >= 11 is 0. The molecule has 1 aromatic heterocycles. The number of nitrogens with two attached hydrogens (primary N) is 1. The second-order valence-corrected chi connectivity index (χ2v) is 6.92. The van der Waals surface area contributed by atoms with Gasteiger partial charge in [-0.1, -0.05) is 26.8 Å². The molecule has 1 aliphatic rings. The van der Waals surface area contributed by atoms with Crippen molar-refractivity contribution in [2.75, 3.05) is 12.3 Å². The van der Waals surface area contributed by atoms with E-state index in [0.717, 1.165) is 18.9 Å². The van der Waals surface area contributed by atoms with Crippen molar-refractivity contribution in [3.05, 3.63) is 23.9 Å². The summed E-state index contributed by atoms with van der Waals surface area (Å²) < 4.78 is 0. The molecule has 3 heteroatoms. The summed E-state index contributed by atoms with van der Waals surface area (Å²) in [5, 5.41) is 3.67. The Kier molecular flexibility index (Phi) is 5.03. The van der Waals surface area contributed by atoms with Crippen LogP contribution >= 0.6 is 0 Å². The summed E-state index contributed by atoms with van der Waals surface area (Å²) in [6, 6.07) is 4.63. The molecule has 3 nitrogen and oxygen atoms in total. The Labute approximate surface area is 123 Å². The van der Waals surface area contributed by atoms with Crippen LogP contribution in [0, 0.1) is 11.3 Å². The smallest absolute Gasteiger partial charge is 0.126 e. The zero-order chi connectivity index (χ0) is 14.6. The van der Waals surface area contributed by atoms with Crippen molar-refractivity contribution in [2.24, 2.45) is 11.3 Å². The van der Waals surface area contributed by atoms with Gasteiger partial charge < -0.3 is 11.1 Å². The molecule has 1 unspecified atom stereocenters. The molecule has 1 aromatic rings. The molecule has 1 fully saturated rings. The minimum absolute atomic E-state index is 0.528. The first kappa shape index (κ1) is 15.3. The Hall–Kier alpha value is -1.09. The zero-order valence-corrected chi connectivity index (χ0v) is 13.2. The predicted octanol–water partition coefficient (Wildman–Crippen LogP) is 3.40. The van der Waals surface area contributed by atoms with Gasteiger partial charge in [0.15, 0.2) is 0 Å². The van der Waals surface area contributed by atoms with Crippen LogP contribution in [0.25, 0.3) is 0 Å². The maximum Gasteiger partial charge on any atom is 0.126 e. The lowest BCUT2D eigenvalue weighted by molar-refractivity contribution is 0.161. The van der Waals surface area contributed by atoms with E-state index in [9.17, 15) is 0 Å². The summed E-state index contributed by atoms with van der Waals surface area (Å²) in [7, 11) is 0. The lowest BCUT2D eigenvalue weighted by Crippen LogP contribution is -2.40. The molecule has 0 spiro atoms. The Morgan fingerprint density at radius 3 is 2.70 bits per heavy atom. The number of likely N-dealkylation sites (N-methyl/N-ethyl adjacent to an activating group) is 1. The molecule has 2 rings (SSSR count). The molecule has 0 bridgehead atoms. The third-order valence-electron chi connectivity index (χ3n) is 4.79. The van der Waals surface area contributed by atoms with Gasteiger partial charge in [-0.15, -0.1) is 0 Å². The number of pyridine rings is 1. The molecule has 0 amide bonds. The van der Waals surface area contributed by atoms with Gasteiger partial charge >= 0.3 is 0 Å². The summed E-state index contributed by atoms with van der Waals surface area (Å²) in [6.45, 7) is 7.99. The quantitative estimate of drug-likeness (QED) is 0.866. The van der Waals surface area contributed by atoms with Crippen molar-refractivity contribution in [1.29, 1.82) is 0 Å². The highest BCUT2D eigenvalue weighted by atomic mass is 14.9. The minimum Gasteiger partial charge on any atom is -0.383 e. The van der Waals surface area contributed by atoms with Crippen molar-refractivity contribution in [2.45, 2.75) is 58.9 Å². The van der Waals surface area contributed by atoms with Gasteiger partial charge in [0.2, 0.25) is 0 Å². The molecule has 0 radical (unpaired) electrons. The molecule has 20 heavy (non-hydrogen) atoms. The molecule has 112 valence electrons. The van der Waals surface area contributed by atoms with Gasteiger partial charge in [0.05, 0.1) is 0 Å². The standard InChI is InChI=1S/C17H29N3/c1-4-19-15(12-14-6-5-11-20-16(14)18)13-7-9-17(2,3)10-8-13/h5-6,11,13,15,19H,4,7-10,12H2,1-3H3,(H2,18,20). The van der Waals surface area contributed by atoms with E-state index in [1.807, 2.05) is 6.07 Å². The van der Waals surface area contributed by atoms with Gasteiger partial charge in [0.1, 0.15) is 5.82 Å². The average molecular weight is 275 g/mol. The number of hydrogen-bond acceptors (Lipinski definition) is 3. The summed E-state index contributed by atoms with van der Waals surface area (Å²) in [5.74, 6) is 1.45. The minimum atomic E-state index is 0.528. The molecular formula is C17H29N3. The molecule has 1 saturated carbocycles. The number of anilines is 1. The van der Waals surface area contributed by atoms with Crippen LogP contribution in [-0.2, 0) is 6.42 Å². The molecule has 0 aromatic carbocycles. The maximum absolute atomic E-state index is 6.00. The molecule has 0 aliphatic heterocycles. The summed E-state index contributed by atoms with van der Waals surface area (Å²) in [5.41, 5.74) is 7.71. The second-order valence-electron chi connectivity index (χ2n) is 6.92. The number of nitrogens with one attached hydrogen (secondary N) is 1. The van der Waals surface area contributed by atoms with E-state index in [-0.39, 0.29) is 0 Å². The Bertz CT molecular complexity index is 418.